The van der Waals surface area contributed by atoms with Gasteiger partial charge >= 0.3 is 5.97 Å². The van der Waals surface area contributed by atoms with Gasteiger partial charge in [0.15, 0.2) is 11.0 Å². The van der Waals surface area contributed by atoms with Gasteiger partial charge in [0.1, 0.15) is 11.3 Å². The van der Waals surface area contributed by atoms with E-state index in [2.05, 4.69) is 6.92 Å². The predicted molar refractivity (Wildman–Crippen MR) is 98.2 cm³/mol. The predicted octanol–water partition coefficient (Wildman–Crippen LogP) is 4.81. The molecule has 4 nitrogen and oxygen atoms in total. The molecule has 0 fully saturated rings. The second-order valence-electron chi connectivity index (χ2n) is 6.13. The van der Waals surface area contributed by atoms with Crippen molar-refractivity contribution in [2.75, 3.05) is 0 Å². The Balaban J connectivity index is 2.31. The van der Waals surface area contributed by atoms with Gasteiger partial charge in [-0.2, -0.15) is 0 Å². The number of rotatable bonds is 5. The minimum atomic E-state index is -1.11. The number of unbranched alkanes of at least 4 members (excludes halogenated alkanes) is 1. The van der Waals surface area contributed by atoms with Gasteiger partial charge in [0.05, 0.1) is 5.39 Å². The first-order chi connectivity index (χ1) is 12.0. The maximum atomic E-state index is 12.8. The van der Waals surface area contributed by atoms with Crippen LogP contribution in [0.25, 0.3) is 22.3 Å². The van der Waals surface area contributed by atoms with Crippen LogP contribution in [0.5, 0.6) is 0 Å². The third-order valence-corrected chi connectivity index (χ3v) is 4.44. The Bertz CT molecular complexity index is 998. The van der Waals surface area contributed by atoms with Crippen molar-refractivity contribution in [1.29, 1.82) is 0 Å². The van der Waals surface area contributed by atoms with E-state index in [0.717, 1.165) is 30.4 Å². The summed E-state index contributed by atoms with van der Waals surface area (Å²) < 4.78 is 5.99. The maximum Gasteiger partial charge on any atom is 0.339 e. The first-order valence-electron chi connectivity index (χ1n) is 8.42. The van der Waals surface area contributed by atoms with Gasteiger partial charge < -0.3 is 9.52 Å². The molecule has 0 atom stereocenters. The van der Waals surface area contributed by atoms with E-state index in [1.807, 2.05) is 24.3 Å². The molecule has 3 aromatic rings. The summed E-state index contributed by atoms with van der Waals surface area (Å²) in [5.74, 6) is -0.652. The number of hydrogen-bond donors (Lipinski definition) is 1. The number of para-hydroxylation sites is 1. The SMILES string of the molecule is CCCCc1ccccc1-c1oc2c(C(=O)O)cccc2c(=O)c1C. The average molecular weight is 336 g/mol. The van der Waals surface area contributed by atoms with E-state index in [4.69, 9.17) is 4.42 Å². The molecule has 0 saturated carbocycles. The van der Waals surface area contributed by atoms with Gasteiger partial charge in [0.2, 0.25) is 0 Å². The molecule has 0 saturated heterocycles. The minimum absolute atomic E-state index is 0.00175. The topological polar surface area (TPSA) is 67.5 Å². The van der Waals surface area contributed by atoms with Crippen LogP contribution in [0.2, 0.25) is 0 Å². The van der Waals surface area contributed by atoms with Crippen molar-refractivity contribution < 1.29 is 14.3 Å². The van der Waals surface area contributed by atoms with Crippen molar-refractivity contribution in [3.05, 3.63) is 69.4 Å². The number of fused-ring (bicyclic) bond motifs is 1. The highest BCUT2D eigenvalue weighted by Gasteiger charge is 2.19. The van der Waals surface area contributed by atoms with Gasteiger partial charge in [0, 0.05) is 11.1 Å². The van der Waals surface area contributed by atoms with Crippen LogP contribution in [-0.4, -0.2) is 11.1 Å². The van der Waals surface area contributed by atoms with E-state index in [1.165, 1.54) is 6.07 Å². The molecule has 0 aliphatic heterocycles. The summed E-state index contributed by atoms with van der Waals surface area (Å²) in [4.78, 5) is 24.3. The van der Waals surface area contributed by atoms with Gasteiger partial charge in [0.25, 0.3) is 0 Å². The van der Waals surface area contributed by atoms with E-state index in [0.29, 0.717) is 16.7 Å². The zero-order chi connectivity index (χ0) is 18.0. The number of aryl methyl sites for hydroxylation is 1. The fraction of sp³-hybridized carbons (Fsp3) is 0.238. The summed E-state index contributed by atoms with van der Waals surface area (Å²) in [5, 5.41) is 9.71. The summed E-state index contributed by atoms with van der Waals surface area (Å²) in [7, 11) is 0. The summed E-state index contributed by atoms with van der Waals surface area (Å²) in [6.07, 6.45) is 2.99. The van der Waals surface area contributed by atoms with Crippen LogP contribution < -0.4 is 5.43 Å². The van der Waals surface area contributed by atoms with E-state index < -0.39 is 5.97 Å². The highest BCUT2D eigenvalue weighted by atomic mass is 16.4. The Morgan fingerprint density at radius 1 is 1.12 bits per heavy atom. The van der Waals surface area contributed by atoms with Gasteiger partial charge in [-0.1, -0.05) is 43.7 Å². The standard InChI is InChI=1S/C21H20O4/c1-3-4-8-14-9-5-6-10-15(14)19-13(2)18(22)16-11-7-12-17(21(23)24)20(16)25-19/h5-7,9-12H,3-4,8H2,1-2H3,(H,23,24). The van der Waals surface area contributed by atoms with E-state index in [1.54, 1.807) is 19.1 Å². The number of carbonyl (C=O) groups is 1. The van der Waals surface area contributed by atoms with Crippen LogP contribution in [0.15, 0.2) is 51.7 Å². The van der Waals surface area contributed by atoms with E-state index in [-0.39, 0.29) is 16.6 Å². The molecule has 128 valence electrons. The third kappa shape index (κ3) is 3.07. The second kappa shape index (κ2) is 6.93. The highest BCUT2D eigenvalue weighted by molar-refractivity contribution is 6.01. The average Bonchev–Trinajstić information content (AvgIpc) is 2.62. The van der Waals surface area contributed by atoms with Crippen molar-refractivity contribution in [2.45, 2.75) is 33.1 Å². The molecule has 0 aliphatic carbocycles. The quantitative estimate of drug-likeness (QED) is 0.726. The fourth-order valence-corrected chi connectivity index (χ4v) is 3.06. The van der Waals surface area contributed by atoms with E-state index in [9.17, 15) is 14.7 Å². The normalized spacial score (nSPS) is 11.0. The molecular formula is C21H20O4. The van der Waals surface area contributed by atoms with Crippen LogP contribution in [0.1, 0.15) is 41.3 Å². The lowest BCUT2D eigenvalue weighted by Gasteiger charge is -2.12. The molecule has 3 rings (SSSR count). The molecule has 0 amide bonds. The molecule has 0 aliphatic rings. The maximum absolute atomic E-state index is 12.8. The zero-order valence-electron chi connectivity index (χ0n) is 14.3. The van der Waals surface area contributed by atoms with Crippen molar-refractivity contribution in [1.82, 2.24) is 0 Å². The van der Waals surface area contributed by atoms with E-state index >= 15 is 0 Å². The summed E-state index contributed by atoms with van der Waals surface area (Å²) >= 11 is 0. The van der Waals surface area contributed by atoms with Crippen molar-refractivity contribution in [2.24, 2.45) is 0 Å². The van der Waals surface area contributed by atoms with Gasteiger partial charge in [-0.3, -0.25) is 4.79 Å². The van der Waals surface area contributed by atoms with Crippen LogP contribution in [0.3, 0.4) is 0 Å². The van der Waals surface area contributed by atoms with Crippen molar-refractivity contribution in [3.8, 4) is 11.3 Å². The fourth-order valence-electron chi connectivity index (χ4n) is 3.06. The molecule has 0 radical (unpaired) electrons. The Morgan fingerprint density at radius 3 is 2.60 bits per heavy atom. The minimum Gasteiger partial charge on any atom is -0.478 e. The first-order valence-corrected chi connectivity index (χ1v) is 8.42. The lowest BCUT2D eigenvalue weighted by molar-refractivity contribution is 0.0698. The molecular weight excluding hydrogens is 316 g/mol. The largest absolute Gasteiger partial charge is 0.478 e. The molecule has 1 aromatic heterocycles. The zero-order valence-corrected chi connectivity index (χ0v) is 14.3. The second-order valence-corrected chi connectivity index (χ2v) is 6.13. The smallest absolute Gasteiger partial charge is 0.339 e. The molecule has 4 heteroatoms. The Hall–Kier alpha value is -2.88. The lowest BCUT2D eigenvalue weighted by Crippen LogP contribution is -2.10. The summed E-state index contributed by atoms with van der Waals surface area (Å²) in [6.45, 7) is 3.85. The molecule has 25 heavy (non-hydrogen) atoms. The molecule has 0 bridgehead atoms. The summed E-state index contributed by atoms with van der Waals surface area (Å²) in [5.41, 5.74) is 2.40. The summed E-state index contributed by atoms with van der Waals surface area (Å²) in [6, 6.07) is 12.4. The number of carboxylic acid groups (broad SMARTS) is 1. The van der Waals surface area contributed by atoms with Crippen LogP contribution >= 0.6 is 0 Å². The lowest BCUT2D eigenvalue weighted by atomic mass is 9.97. The van der Waals surface area contributed by atoms with Crippen LogP contribution in [0.4, 0.5) is 0 Å². The number of carboxylic acids is 1. The molecule has 0 spiro atoms. The first kappa shape index (κ1) is 17.0. The van der Waals surface area contributed by atoms with Crippen molar-refractivity contribution >= 4 is 16.9 Å². The molecule has 2 aromatic carbocycles. The third-order valence-electron chi connectivity index (χ3n) is 4.44. The van der Waals surface area contributed by atoms with Crippen molar-refractivity contribution in [3.63, 3.8) is 0 Å². The number of benzene rings is 2. The highest BCUT2D eigenvalue weighted by Crippen LogP contribution is 2.30. The Kier molecular flexibility index (Phi) is 4.70. The monoisotopic (exact) mass is 336 g/mol. The van der Waals surface area contributed by atoms with Gasteiger partial charge in [-0.25, -0.2) is 4.79 Å². The van der Waals surface area contributed by atoms with Crippen LogP contribution in [-0.2, 0) is 6.42 Å². The van der Waals surface area contributed by atoms with Gasteiger partial charge in [-0.05, 0) is 37.5 Å². The van der Waals surface area contributed by atoms with Crippen LogP contribution in [0, 0.1) is 6.92 Å². The Morgan fingerprint density at radius 2 is 1.88 bits per heavy atom. The van der Waals surface area contributed by atoms with Gasteiger partial charge in [-0.15, -0.1) is 0 Å². The molecule has 0 unspecified atom stereocenters. The Labute approximate surface area is 145 Å². The molecule has 1 heterocycles. The molecule has 1 N–H and O–H groups in total. The number of aromatic carboxylic acids is 1. The number of hydrogen-bond acceptors (Lipinski definition) is 3.